The highest BCUT2D eigenvalue weighted by molar-refractivity contribution is 6.24. The molecule has 0 nitrogen and oxygen atoms in total. The van der Waals surface area contributed by atoms with Crippen LogP contribution in [0.5, 0.6) is 0 Å². The zero-order valence-corrected chi connectivity index (χ0v) is 11.1. The summed E-state index contributed by atoms with van der Waals surface area (Å²) in [5.41, 5.74) is 1.25. The number of rotatable bonds is 2. The maximum absolute atomic E-state index is 3.75. The van der Waals surface area contributed by atoms with Gasteiger partial charge in [0.15, 0.2) is 0 Å². The summed E-state index contributed by atoms with van der Waals surface area (Å²) in [6.07, 6.45) is 5.93. The van der Waals surface area contributed by atoms with Gasteiger partial charge < -0.3 is 0 Å². The second kappa shape index (κ2) is 4.21. The molecule has 0 aliphatic carbocycles. The van der Waals surface area contributed by atoms with Crippen LogP contribution in [0.4, 0.5) is 0 Å². The molecule has 0 atom stereocenters. The highest BCUT2D eigenvalue weighted by atomic mass is 14.1. The minimum atomic E-state index is 1.25. The third kappa shape index (κ3) is 1.48. The molecule has 0 unspecified atom stereocenters. The summed E-state index contributed by atoms with van der Waals surface area (Å²) in [6.45, 7) is 3.75. The van der Waals surface area contributed by atoms with Crippen LogP contribution in [0.3, 0.4) is 0 Å². The van der Waals surface area contributed by atoms with E-state index in [0.717, 1.165) is 0 Å². The van der Waals surface area contributed by atoms with Crippen LogP contribution in [-0.2, 0) is 0 Å². The summed E-state index contributed by atoms with van der Waals surface area (Å²) in [5, 5.41) is 7.98. The fourth-order valence-electron chi connectivity index (χ4n) is 3.07. The van der Waals surface area contributed by atoms with Crippen molar-refractivity contribution in [3.8, 4) is 0 Å². The minimum absolute atomic E-state index is 1.25. The van der Waals surface area contributed by atoms with Gasteiger partial charge in [-0.25, -0.2) is 0 Å². The lowest BCUT2D eigenvalue weighted by Gasteiger charge is -2.12. The van der Waals surface area contributed by atoms with Crippen LogP contribution in [0.2, 0.25) is 0 Å². The lowest BCUT2D eigenvalue weighted by atomic mass is 9.92. The van der Waals surface area contributed by atoms with E-state index in [-0.39, 0.29) is 0 Å². The molecule has 0 saturated heterocycles. The van der Waals surface area contributed by atoms with Crippen LogP contribution in [0.15, 0.2) is 73.3 Å². The maximum atomic E-state index is 3.75. The predicted molar refractivity (Wildman–Crippen MR) is 89.4 cm³/mol. The molecule has 20 heavy (non-hydrogen) atoms. The Morgan fingerprint density at radius 1 is 0.700 bits per heavy atom. The summed E-state index contributed by atoms with van der Waals surface area (Å²) >= 11 is 0. The lowest BCUT2D eigenvalue weighted by molar-refractivity contribution is 1.75. The molecule has 4 aromatic rings. The van der Waals surface area contributed by atoms with Crippen LogP contribution in [-0.4, -0.2) is 0 Å². The fourth-order valence-corrected chi connectivity index (χ4v) is 3.07. The van der Waals surface area contributed by atoms with Crippen molar-refractivity contribution in [2.24, 2.45) is 0 Å². The van der Waals surface area contributed by atoms with E-state index < -0.39 is 0 Å². The molecule has 0 amide bonds. The fraction of sp³-hybridized carbons (Fsp3) is 0. The van der Waals surface area contributed by atoms with Gasteiger partial charge in [0, 0.05) is 0 Å². The summed E-state index contributed by atoms with van der Waals surface area (Å²) in [6, 6.07) is 19.8. The van der Waals surface area contributed by atoms with Crippen LogP contribution in [0.1, 0.15) is 5.56 Å². The van der Waals surface area contributed by atoms with Gasteiger partial charge in [-0.15, -0.1) is 0 Å². The maximum Gasteiger partial charge on any atom is -0.00208 e. The number of hydrogen-bond acceptors (Lipinski definition) is 0. The van der Waals surface area contributed by atoms with Gasteiger partial charge >= 0.3 is 0 Å². The van der Waals surface area contributed by atoms with Crippen molar-refractivity contribution in [3.63, 3.8) is 0 Å². The third-order valence-electron chi connectivity index (χ3n) is 3.97. The predicted octanol–water partition coefficient (Wildman–Crippen LogP) is 5.78. The Hall–Kier alpha value is -2.60. The topological polar surface area (TPSA) is 0 Å². The molecule has 0 heterocycles. The first-order valence-electron chi connectivity index (χ1n) is 6.84. The normalized spacial score (nSPS) is 12.0. The molecule has 0 N–H and O–H groups in total. The van der Waals surface area contributed by atoms with Crippen molar-refractivity contribution in [3.05, 3.63) is 78.9 Å². The zero-order chi connectivity index (χ0) is 13.5. The first-order chi connectivity index (χ1) is 9.88. The molecule has 0 radical (unpaired) electrons. The van der Waals surface area contributed by atoms with Crippen molar-refractivity contribution in [1.29, 1.82) is 0 Å². The number of allylic oxidation sites excluding steroid dienone is 2. The van der Waals surface area contributed by atoms with Gasteiger partial charge in [0.05, 0.1) is 0 Å². The Kier molecular flexibility index (Phi) is 2.37. The van der Waals surface area contributed by atoms with Crippen LogP contribution in [0, 0.1) is 0 Å². The van der Waals surface area contributed by atoms with Gasteiger partial charge in [0.1, 0.15) is 0 Å². The van der Waals surface area contributed by atoms with Gasteiger partial charge in [-0.2, -0.15) is 0 Å². The number of benzene rings is 4. The average molecular weight is 254 g/mol. The van der Waals surface area contributed by atoms with Crippen molar-refractivity contribution in [1.82, 2.24) is 0 Å². The molecule has 0 bridgehead atoms. The van der Waals surface area contributed by atoms with Crippen molar-refractivity contribution in [2.45, 2.75) is 0 Å². The summed E-state index contributed by atoms with van der Waals surface area (Å²) in [7, 11) is 0. The molecular weight excluding hydrogens is 240 g/mol. The summed E-state index contributed by atoms with van der Waals surface area (Å²) in [5.74, 6) is 0. The Balaban J connectivity index is 2.25. The molecule has 0 aromatic heterocycles. The Labute approximate surface area is 118 Å². The molecule has 0 saturated carbocycles. The molecule has 94 valence electrons. The van der Waals surface area contributed by atoms with E-state index in [1.54, 1.807) is 0 Å². The minimum Gasteiger partial charge on any atom is -0.0991 e. The Morgan fingerprint density at radius 2 is 1.35 bits per heavy atom. The molecule has 0 heteroatoms. The molecule has 0 spiro atoms. The SMILES string of the molecule is C=CC=Cc1ccc2ccc3cccc4ccc1c2c34. The quantitative estimate of drug-likeness (QED) is 0.314. The van der Waals surface area contributed by atoms with E-state index in [9.17, 15) is 0 Å². The summed E-state index contributed by atoms with van der Waals surface area (Å²) in [4.78, 5) is 0. The van der Waals surface area contributed by atoms with Gasteiger partial charge in [-0.05, 0) is 37.9 Å². The average Bonchev–Trinajstić information content (AvgIpc) is 2.51. The molecule has 0 aliphatic heterocycles. The van der Waals surface area contributed by atoms with Crippen molar-refractivity contribution in [2.75, 3.05) is 0 Å². The molecule has 4 aromatic carbocycles. The van der Waals surface area contributed by atoms with E-state index in [1.807, 2.05) is 12.2 Å². The van der Waals surface area contributed by atoms with Crippen molar-refractivity contribution < 1.29 is 0 Å². The highest BCUT2D eigenvalue weighted by Gasteiger charge is 2.08. The second-order valence-electron chi connectivity index (χ2n) is 5.11. The molecule has 4 rings (SSSR count). The number of hydrogen-bond donors (Lipinski definition) is 0. The van der Waals surface area contributed by atoms with E-state index in [4.69, 9.17) is 0 Å². The van der Waals surface area contributed by atoms with E-state index in [0.29, 0.717) is 0 Å². The van der Waals surface area contributed by atoms with Crippen LogP contribution < -0.4 is 0 Å². The summed E-state index contributed by atoms with van der Waals surface area (Å²) < 4.78 is 0. The lowest BCUT2D eigenvalue weighted by Crippen LogP contribution is -1.85. The monoisotopic (exact) mass is 254 g/mol. The first kappa shape index (κ1) is 11.2. The van der Waals surface area contributed by atoms with E-state index in [1.165, 1.54) is 37.9 Å². The third-order valence-corrected chi connectivity index (χ3v) is 3.97. The van der Waals surface area contributed by atoms with Crippen LogP contribution >= 0.6 is 0 Å². The van der Waals surface area contributed by atoms with Gasteiger partial charge in [-0.1, -0.05) is 79.4 Å². The highest BCUT2D eigenvalue weighted by Crippen LogP contribution is 2.36. The van der Waals surface area contributed by atoms with Crippen LogP contribution in [0.25, 0.3) is 38.4 Å². The standard InChI is InChI=1S/C20H14/c1-2-3-5-14-8-9-17-11-10-15-6-4-7-16-12-13-18(14)20(17)19(15)16/h2-13H,1H2. The zero-order valence-electron chi connectivity index (χ0n) is 11.1. The van der Waals surface area contributed by atoms with E-state index in [2.05, 4.69) is 67.3 Å². The van der Waals surface area contributed by atoms with Gasteiger partial charge in [-0.3, -0.25) is 0 Å². The first-order valence-corrected chi connectivity index (χ1v) is 6.84. The van der Waals surface area contributed by atoms with E-state index >= 15 is 0 Å². The molecule has 0 fully saturated rings. The Morgan fingerprint density at radius 3 is 2.10 bits per heavy atom. The van der Waals surface area contributed by atoms with Gasteiger partial charge in [0.2, 0.25) is 0 Å². The largest absolute Gasteiger partial charge is 0.0991 e. The Bertz CT molecular complexity index is 942. The second-order valence-corrected chi connectivity index (χ2v) is 5.11. The molecular formula is C20H14. The smallest absolute Gasteiger partial charge is 0.00208 e. The molecule has 0 aliphatic rings. The van der Waals surface area contributed by atoms with Crippen molar-refractivity contribution >= 4 is 38.4 Å². The van der Waals surface area contributed by atoms with Gasteiger partial charge in [0.25, 0.3) is 0 Å².